The molecule has 0 unspecified atom stereocenters. The molecule has 8 nitrogen and oxygen atoms in total. The highest BCUT2D eigenvalue weighted by Gasteiger charge is 2.17. The number of nitrogen functional groups attached to an aromatic ring is 1. The predicted molar refractivity (Wildman–Crippen MR) is 132 cm³/mol. The zero-order valence-electron chi connectivity index (χ0n) is 18.6. The van der Waals surface area contributed by atoms with Crippen molar-refractivity contribution in [2.24, 2.45) is 0 Å². The maximum Gasteiger partial charge on any atom is 0.336 e. The largest absolute Gasteiger partial charge is 0.497 e. The summed E-state index contributed by atoms with van der Waals surface area (Å²) in [5, 5.41) is 21.6. The second-order valence-corrected chi connectivity index (χ2v) is 7.54. The van der Waals surface area contributed by atoms with Crippen LogP contribution in [-0.4, -0.2) is 29.1 Å². The van der Waals surface area contributed by atoms with E-state index in [-0.39, 0.29) is 22.5 Å². The van der Waals surface area contributed by atoms with Crippen LogP contribution in [0.2, 0.25) is 0 Å². The highest BCUT2D eigenvalue weighted by atomic mass is 16.5. The van der Waals surface area contributed by atoms with E-state index in [0.717, 1.165) is 11.1 Å². The van der Waals surface area contributed by atoms with E-state index in [0.29, 0.717) is 22.7 Å². The number of amides is 1. The summed E-state index contributed by atoms with van der Waals surface area (Å²) in [6.45, 7) is 0. The van der Waals surface area contributed by atoms with Gasteiger partial charge in [0.05, 0.1) is 23.9 Å². The number of nitrogens with zero attached hydrogens (tertiary/aromatic N) is 2. The van der Waals surface area contributed by atoms with Crippen LogP contribution in [0, 0.1) is 11.3 Å². The van der Waals surface area contributed by atoms with Gasteiger partial charge in [-0.3, -0.25) is 4.79 Å². The van der Waals surface area contributed by atoms with Crippen molar-refractivity contribution in [3.05, 3.63) is 95.6 Å². The second kappa shape index (κ2) is 9.77. The third-order valence-corrected chi connectivity index (χ3v) is 5.40. The van der Waals surface area contributed by atoms with E-state index in [1.807, 2.05) is 12.1 Å². The summed E-state index contributed by atoms with van der Waals surface area (Å²) in [4.78, 5) is 28.4. The van der Waals surface area contributed by atoms with Gasteiger partial charge >= 0.3 is 5.97 Å². The number of nitrogens with two attached hydrogens (primary N) is 1. The highest BCUT2D eigenvalue weighted by molar-refractivity contribution is 6.10. The third kappa shape index (κ3) is 4.79. The summed E-state index contributed by atoms with van der Waals surface area (Å²) >= 11 is 0. The minimum atomic E-state index is -1.18. The Hall–Kier alpha value is -5.16. The number of methoxy groups -OCH3 is 1. The van der Waals surface area contributed by atoms with Crippen molar-refractivity contribution in [3.63, 3.8) is 0 Å². The second-order valence-electron chi connectivity index (χ2n) is 7.54. The monoisotopic (exact) mass is 464 g/mol. The van der Waals surface area contributed by atoms with E-state index >= 15 is 0 Å². The Kier molecular flexibility index (Phi) is 6.42. The minimum Gasteiger partial charge on any atom is -0.497 e. The molecule has 1 heterocycles. The van der Waals surface area contributed by atoms with Gasteiger partial charge in [0.1, 0.15) is 23.2 Å². The Morgan fingerprint density at radius 1 is 0.971 bits per heavy atom. The van der Waals surface area contributed by atoms with Crippen molar-refractivity contribution in [2.75, 3.05) is 18.2 Å². The molecule has 4 N–H and O–H groups in total. The molecular formula is C27H20N4O4. The molecule has 0 aliphatic heterocycles. The first-order chi connectivity index (χ1) is 16.9. The lowest BCUT2D eigenvalue weighted by Gasteiger charge is -2.12. The molecule has 0 atom stereocenters. The quantitative estimate of drug-likeness (QED) is 0.371. The van der Waals surface area contributed by atoms with Gasteiger partial charge in [0.2, 0.25) is 0 Å². The summed E-state index contributed by atoms with van der Waals surface area (Å²) in [7, 11) is 1.58. The van der Waals surface area contributed by atoms with Gasteiger partial charge in [-0.25, -0.2) is 9.78 Å². The van der Waals surface area contributed by atoms with Crippen LogP contribution in [0.5, 0.6) is 5.75 Å². The van der Waals surface area contributed by atoms with E-state index in [9.17, 15) is 20.0 Å². The molecule has 0 radical (unpaired) electrons. The molecule has 1 aromatic heterocycles. The minimum absolute atomic E-state index is 0.0646. The Morgan fingerprint density at radius 3 is 2.20 bits per heavy atom. The molecule has 8 heteroatoms. The molecule has 3 aromatic carbocycles. The molecule has 0 aliphatic carbocycles. The van der Waals surface area contributed by atoms with Gasteiger partial charge in [-0.1, -0.05) is 36.4 Å². The number of pyridine rings is 1. The van der Waals surface area contributed by atoms with Crippen molar-refractivity contribution in [1.82, 2.24) is 4.98 Å². The molecule has 0 saturated carbocycles. The summed E-state index contributed by atoms with van der Waals surface area (Å²) in [6, 6.07) is 24.0. The summed E-state index contributed by atoms with van der Waals surface area (Å²) in [5.74, 6) is -0.905. The highest BCUT2D eigenvalue weighted by Crippen LogP contribution is 2.32. The van der Waals surface area contributed by atoms with E-state index < -0.39 is 11.9 Å². The van der Waals surface area contributed by atoms with Crippen molar-refractivity contribution in [2.45, 2.75) is 0 Å². The topological polar surface area (TPSA) is 138 Å². The number of ether oxygens (including phenoxy) is 1. The third-order valence-electron chi connectivity index (χ3n) is 5.40. The van der Waals surface area contributed by atoms with Gasteiger partial charge in [-0.2, -0.15) is 5.26 Å². The van der Waals surface area contributed by atoms with Gasteiger partial charge in [0.25, 0.3) is 5.91 Å². The molecule has 4 aromatic rings. The first-order valence-corrected chi connectivity index (χ1v) is 10.5. The zero-order chi connectivity index (χ0) is 24.9. The lowest BCUT2D eigenvalue weighted by molar-refractivity contribution is 0.0692. The summed E-state index contributed by atoms with van der Waals surface area (Å²) in [5.41, 5.74) is 9.55. The van der Waals surface area contributed by atoms with Crippen LogP contribution in [0.1, 0.15) is 26.3 Å². The van der Waals surface area contributed by atoms with Crippen LogP contribution < -0.4 is 15.8 Å². The van der Waals surface area contributed by atoms with Crippen LogP contribution in [-0.2, 0) is 0 Å². The number of rotatable bonds is 6. The zero-order valence-corrected chi connectivity index (χ0v) is 18.6. The Labute approximate surface area is 201 Å². The first-order valence-electron chi connectivity index (χ1n) is 10.5. The molecule has 35 heavy (non-hydrogen) atoms. The van der Waals surface area contributed by atoms with E-state index in [4.69, 9.17) is 10.5 Å². The maximum absolute atomic E-state index is 12.6. The van der Waals surface area contributed by atoms with E-state index in [1.54, 1.807) is 61.7 Å². The van der Waals surface area contributed by atoms with E-state index in [1.165, 1.54) is 12.1 Å². The van der Waals surface area contributed by atoms with Gasteiger partial charge in [0.15, 0.2) is 0 Å². The van der Waals surface area contributed by atoms with Crippen LogP contribution in [0.4, 0.5) is 11.5 Å². The first kappa shape index (κ1) is 23.0. The fourth-order valence-electron chi connectivity index (χ4n) is 3.62. The Balaban J connectivity index is 1.63. The van der Waals surface area contributed by atoms with Gasteiger partial charge < -0.3 is 20.9 Å². The standard InChI is InChI=1S/C27H20N4O4/c1-35-19-12-8-16(9-13-19)22-14-24(31-25(29)23(22)15-28)17-6-10-18(11-7-17)30-26(32)20-4-2-3-5-21(20)27(33)34/h2-14H,1H3,(H2,29,31)(H,30,32)(H,33,34). The van der Waals surface area contributed by atoms with Crippen molar-refractivity contribution < 1.29 is 19.4 Å². The van der Waals surface area contributed by atoms with Crippen LogP contribution in [0.25, 0.3) is 22.4 Å². The number of carbonyl (C=O) groups is 2. The number of anilines is 2. The number of aromatic carboxylic acids is 1. The fraction of sp³-hybridized carbons (Fsp3) is 0.0370. The number of aromatic nitrogens is 1. The van der Waals surface area contributed by atoms with Crippen molar-refractivity contribution >= 4 is 23.4 Å². The molecule has 172 valence electrons. The van der Waals surface area contributed by atoms with Gasteiger partial charge in [0, 0.05) is 16.8 Å². The predicted octanol–water partition coefficient (Wildman–Crippen LogP) is 4.83. The van der Waals surface area contributed by atoms with Gasteiger partial charge in [-0.05, 0) is 48.0 Å². The molecule has 0 fully saturated rings. The lowest BCUT2D eigenvalue weighted by atomic mass is 9.98. The normalized spacial score (nSPS) is 10.3. The molecule has 1 amide bonds. The summed E-state index contributed by atoms with van der Waals surface area (Å²) in [6.07, 6.45) is 0. The lowest BCUT2D eigenvalue weighted by Crippen LogP contribution is -2.16. The maximum atomic E-state index is 12.6. The van der Waals surface area contributed by atoms with Crippen LogP contribution in [0.3, 0.4) is 0 Å². The number of benzene rings is 3. The van der Waals surface area contributed by atoms with E-state index in [2.05, 4.69) is 16.4 Å². The number of nitrogens with one attached hydrogen (secondary N) is 1. The van der Waals surface area contributed by atoms with Crippen molar-refractivity contribution in [3.8, 4) is 34.2 Å². The van der Waals surface area contributed by atoms with Crippen molar-refractivity contribution in [1.29, 1.82) is 5.26 Å². The smallest absolute Gasteiger partial charge is 0.336 e. The van der Waals surface area contributed by atoms with Crippen LogP contribution >= 0.6 is 0 Å². The van der Waals surface area contributed by atoms with Gasteiger partial charge in [-0.15, -0.1) is 0 Å². The number of carboxylic acid groups (broad SMARTS) is 1. The molecular weight excluding hydrogens is 444 g/mol. The molecule has 0 aliphatic rings. The molecule has 0 saturated heterocycles. The average molecular weight is 464 g/mol. The Bertz CT molecular complexity index is 1460. The Morgan fingerprint density at radius 2 is 1.60 bits per heavy atom. The SMILES string of the molecule is COc1ccc(-c2cc(-c3ccc(NC(=O)c4ccccc4C(=O)O)cc3)nc(N)c2C#N)cc1. The number of carbonyl (C=O) groups excluding carboxylic acids is 1. The molecule has 0 spiro atoms. The number of carboxylic acids is 1. The summed E-state index contributed by atoms with van der Waals surface area (Å²) < 4.78 is 5.20. The number of hydrogen-bond donors (Lipinski definition) is 3. The average Bonchev–Trinajstić information content (AvgIpc) is 2.88. The molecule has 4 rings (SSSR count). The van der Waals surface area contributed by atoms with Crippen LogP contribution in [0.15, 0.2) is 78.9 Å². The fourth-order valence-corrected chi connectivity index (χ4v) is 3.62. The number of hydrogen-bond acceptors (Lipinski definition) is 6. The number of nitriles is 1. The molecule has 0 bridgehead atoms.